The van der Waals surface area contributed by atoms with E-state index in [1.54, 1.807) is 0 Å². The monoisotopic (exact) mass is 197 g/mol. The van der Waals surface area contributed by atoms with Gasteiger partial charge in [0.15, 0.2) is 0 Å². The summed E-state index contributed by atoms with van der Waals surface area (Å²) in [6.45, 7) is 2.15. The molecule has 0 saturated heterocycles. The van der Waals surface area contributed by atoms with Crippen LogP contribution in [0.1, 0.15) is 19.8 Å². The lowest BCUT2D eigenvalue weighted by Crippen LogP contribution is -2.34. The van der Waals surface area contributed by atoms with Gasteiger partial charge < -0.3 is 5.32 Å². The number of rotatable bonds is 2. The summed E-state index contributed by atoms with van der Waals surface area (Å²) in [7, 11) is 0. The van der Waals surface area contributed by atoms with E-state index >= 15 is 0 Å². The Balaban J connectivity index is 2.05. The second kappa shape index (κ2) is 3.56. The smallest absolute Gasteiger partial charge is 0.146 e. The van der Waals surface area contributed by atoms with Gasteiger partial charge in [0.25, 0.3) is 0 Å². The first-order chi connectivity index (χ1) is 6.65. The Morgan fingerprint density at radius 2 is 2.00 bits per heavy atom. The number of anilines is 1. The highest BCUT2D eigenvalue weighted by molar-refractivity contribution is 5.46. The van der Waals surface area contributed by atoms with E-state index in [2.05, 4.69) is 12.2 Å². The molecular weight excluding hydrogens is 184 g/mol. The van der Waals surface area contributed by atoms with Crippen LogP contribution in [0.2, 0.25) is 0 Å². The zero-order valence-corrected chi connectivity index (χ0v) is 8.06. The fourth-order valence-electron chi connectivity index (χ4n) is 1.85. The van der Waals surface area contributed by atoms with Crippen LogP contribution in [0, 0.1) is 17.6 Å². The normalized spacial score (nSPS) is 25.6. The summed E-state index contributed by atoms with van der Waals surface area (Å²) in [4.78, 5) is 0. The molecule has 0 radical (unpaired) electrons. The quantitative estimate of drug-likeness (QED) is 0.767. The second-order valence-corrected chi connectivity index (χ2v) is 4.04. The Bertz CT molecular complexity index is 332. The molecule has 3 heteroatoms. The Kier molecular flexibility index (Phi) is 2.40. The highest BCUT2D eigenvalue weighted by atomic mass is 19.1. The maximum absolute atomic E-state index is 13.2. The van der Waals surface area contributed by atoms with E-state index < -0.39 is 5.82 Å². The van der Waals surface area contributed by atoms with Gasteiger partial charge in [0.1, 0.15) is 11.6 Å². The van der Waals surface area contributed by atoms with Crippen LogP contribution in [0.25, 0.3) is 0 Å². The second-order valence-electron chi connectivity index (χ2n) is 4.04. The minimum Gasteiger partial charge on any atom is -0.380 e. The van der Waals surface area contributed by atoms with Crippen LogP contribution in [-0.4, -0.2) is 6.04 Å². The molecule has 1 saturated carbocycles. The third-order valence-corrected chi connectivity index (χ3v) is 2.66. The van der Waals surface area contributed by atoms with Crippen molar-refractivity contribution in [1.82, 2.24) is 0 Å². The van der Waals surface area contributed by atoms with E-state index in [0.29, 0.717) is 12.0 Å². The van der Waals surface area contributed by atoms with Crippen molar-refractivity contribution in [2.24, 2.45) is 5.92 Å². The van der Waals surface area contributed by atoms with Crippen LogP contribution in [-0.2, 0) is 0 Å². The van der Waals surface area contributed by atoms with Gasteiger partial charge in [-0.15, -0.1) is 0 Å². The van der Waals surface area contributed by atoms with Crippen molar-refractivity contribution in [3.63, 3.8) is 0 Å². The topological polar surface area (TPSA) is 12.0 Å². The van der Waals surface area contributed by atoms with E-state index in [1.807, 2.05) is 0 Å². The van der Waals surface area contributed by atoms with Crippen LogP contribution in [0.3, 0.4) is 0 Å². The number of benzene rings is 1. The van der Waals surface area contributed by atoms with Crippen LogP contribution < -0.4 is 5.32 Å². The van der Waals surface area contributed by atoms with Gasteiger partial charge in [-0.2, -0.15) is 0 Å². The van der Waals surface area contributed by atoms with Gasteiger partial charge in [0.05, 0.1) is 5.69 Å². The molecule has 0 amide bonds. The SMILES string of the molecule is CC1CC(Nc2cc(F)ccc2F)C1. The van der Waals surface area contributed by atoms with Crippen LogP contribution in [0.15, 0.2) is 18.2 Å². The zero-order chi connectivity index (χ0) is 10.1. The van der Waals surface area contributed by atoms with E-state index in [1.165, 1.54) is 6.07 Å². The van der Waals surface area contributed by atoms with Crippen molar-refractivity contribution in [2.45, 2.75) is 25.8 Å². The third kappa shape index (κ3) is 1.86. The average molecular weight is 197 g/mol. The van der Waals surface area contributed by atoms with Gasteiger partial charge in [-0.3, -0.25) is 0 Å². The lowest BCUT2D eigenvalue weighted by Gasteiger charge is -2.34. The summed E-state index contributed by atoms with van der Waals surface area (Å²) >= 11 is 0. The van der Waals surface area contributed by atoms with Crippen molar-refractivity contribution < 1.29 is 8.78 Å². The molecule has 0 aromatic heterocycles. The minimum absolute atomic E-state index is 0.280. The molecule has 1 fully saturated rings. The number of nitrogens with one attached hydrogen (secondary N) is 1. The molecule has 76 valence electrons. The molecule has 14 heavy (non-hydrogen) atoms. The summed E-state index contributed by atoms with van der Waals surface area (Å²) in [6, 6.07) is 3.79. The largest absolute Gasteiger partial charge is 0.380 e. The maximum Gasteiger partial charge on any atom is 0.146 e. The van der Waals surface area contributed by atoms with Gasteiger partial charge in [-0.05, 0) is 37.0 Å². The number of hydrogen-bond donors (Lipinski definition) is 1. The predicted molar refractivity (Wildman–Crippen MR) is 52.2 cm³/mol. The minimum atomic E-state index is -0.402. The molecule has 0 spiro atoms. The molecule has 1 aromatic carbocycles. The van der Waals surface area contributed by atoms with Crippen LogP contribution >= 0.6 is 0 Å². The fourth-order valence-corrected chi connectivity index (χ4v) is 1.85. The van der Waals surface area contributed by atoms with Crippen molar-refractivity contribution in [3.8, 4) is 0 Å². The van der Waals surface area contributed by atoms with Gasteiger partial charge in [-0.25, -0.2) is 8.78 Å². The van der Waals surface area contributed by atoms with Gasteiger partial charge >= 0.3 is 0 Å². The average Bonchev–Trinajstić information content (AvgIpc) is 2.09. The highest BCUT2D eigenvalue weighted by Crippen LogP contribution is 2.30. The number of halogens is 2. The third-order valence-electron chi connectivity index (χ3n) is 2.66. The molecule has 1 nitrogen and oxygen atoms in total. The van der Waals surface area contributed by atoms with E-state index in [0.717, 1.165) is 25.0 Å². The molecule has 1 aliphatic rings. The predicted octanol–water partition coefficient (Wildman–Crippen LogP) is 3.18. The van der Waals surface area contributed by atoms with E-state index in [-0.39, 0.29) is 11.5 Å². The molecule has 0 unspecified atom stereocenters. The molecule has 0 bridgehead atoms. The van der Waals surface area contributed by atoms with Crippen molar-refractivity contribution in [2.75, 3.05) is 5.32 Å². The summed E-state index contributed by atoms with van der Waals surface area (Å²) in [6.07, 6.45) is 2.08. The molecule has 2 rings (SSSR count). The van der Waals surface area contributed by atoms with Crippen molar-refractivity contribution in [1.29, 1.82) is 0 Å². The van der Waals surface area contributed by atoms with Gasteiger partial charge in [0.2, 0.25) is 0 Å². The standard InChI is InChI=1S/C11H13F2N/c1-7-4-9(5-7)14-11-6-8(12)2-3-10(11)13/h2-3,6-7,9,14H,4-5H2,1H3. The number of hydrogen-bond acceptors (Lipinski definition) is 1. The Labute approximate surface area is 82.1 Å². The first-order valence-electron chi connectivity index (χ1n) is 4.87. The first-order valence-corrected chi connectivity index (χ1v) is 4.87. The lowest BCUT2D eigenvalue weighted by atomic mass is 9.82. The maximum atomic E-state index is 13.2. The molecule has 0 heterocycles. The molecule has 0 aliphatic heterocycles. The molecular formula is C11H13F2N. The fraction of sp³-hybridized carbons (Fsp3) is 0.455. The van der Waals surface area contributed by atoms with Crippen molar-refractivity contribution >= 4 is 5.69 Å². The summed E-state index contributed by atoms with van der Waals surface area (Å²) < 4.78 is 25.9. The Morgan fingerprint density at radius 3 is 2.64 bits per heavy atom. The van der Waals surface area contributed by atoms with E-state index in [9.17, 15) is 8.78 Å². The Hall–Kier alpha value is -1.12. The molecule has 1 aromatic rings. The van der Waals surface area contributed by atoms with Crippen LogP contribution in [0.4, 0.5) is 14.5 Å². The zero-order valence-electron chi connectivity index (χ0n) is 8.06. The summed E-state index contributed by atoms with van der Waals surface area (Å²) in [5.74, 6) is -0.0867. The highest BCUT2D eigenvalue weighted by Gasteiger charge is 2.25. The van der Waals surface area contributed by atoms with Gasteiger partial charge in [-0.1, -0.05) is 6.92 Å². The first kappa shape index (κ1) is 9.44. The molecule has 1 N–H and O–H groups in total. The van der Waals surface area contributed by atoms with Gasteiger partial charge in [0, 0.05) is 6.04 Å². The van der Waals surface area contributed by atoms with Crippen molar-refractivity contribution in [3.05, 3.63) is 29.8 Å². The Morgan fingerprint density at radius 1 is 1.29 bits per heavy atom. The van der Waals surface area contributed by atoms with Crippen LogP contribution in [0.5, 0.6) is 0 Å². The lowest BCUT2D eigenvalue weighted by molar-refractivity contribution is 0.308. The summed E-state index contributed by atoms with van der Waals surface area (Å²) in [5, 5.41) is 3.00. The summed E-state index contributed by atoms with van der Waals surface area (Å²) in [5.41, 5.74) is 0.280. The molecule has 0 atom stereocenters. The molecule has 1 aliphatic carbocycles. The van der Waals surface area contributed by atoms with E-state index in [4.69, 9.17) is 0 Å².